The molecule has 0 aliphatic carbocycles. The minimum atomic E-state index is 0.510. The van der Waals surface area contributed by atoms with Gasteiger partial charge in [-0.15, -0.1) is 6.58 Å². The molecule has 1 heterocycles. The van der Waals surface area contributed by atoms with Gasteiger partial charge in [-0.3, -0.25) is 4.79 Å². The highest BCUT2D eigenvalue weighted by atomic mass is 35.5. The smallest absolute Gasteiger partial charge is 0.153 e. The van der Waals surface area contributed by atoms with E-state index < -0.39 is 0 Å². The summed E-state index contributed by atoms with van der Waals surface area (Å²) in [6.07, 6.45) is 2.61. The molecule has 1 aromatic carbocycles. The Morgan fingerprint density at radius 3 is 2.56 bits per heavy atom. The molecule has 2 nitrogen and oxygen atoms in total. The van der Waals surface area contributed by atoms with Crippen molar-refractivity contribution in [2.45, 2.75) is 13.5 Å². The largest absolute Gasteiger partial charge is 0.339 e. The first-order valence-electron chi connectivity index (χ1n) is 5.70. The predicted octanol–water partition coefficient (Wildman–Crippen LogP) is 4.12. The van der Waals surface area contributed by atoms with Gasteiger partial charge in [0.2, 0.25) is 0 Å². The Balaban J connectivity index is 2.72. The maximum Gasteiger partial charge on any atom is 0.153 e. The van der Waals surface area contributed by atoms with Crippen LogP contribution in [0, 0.1) is 6.92 Å². The Morgan fingerprint density at radius 1 is 1.33 bits per heavy atom. The second kappa shape index (κ2) is 5.23. The molecule has 3 heteroatoms. The minimum absolute atomic E-state index is 0.510. The maximum atomic E-state index is 11.1. The van der Waals surface area contributed by atoms with Crippen LogP contribution in [0.5, 0.6) is 0 Å². The molecule has 1 aromatic heterocycles. The van der Waals surface area contributed by atoms with E-state index in [1.165, 1.54) is 0 Å². The van der Waals surface area contributed by atoms with Gasteiger partial charge in [-0.1, -0.05) is 48.0 Å². The number of nitrogens with zero attached hydrogens (tertiary/aromatic N) is 1. The zero-order valence-corrected chi connectivity index (χ0v) is 10.9. The number of hydrogen-bond acceptors (Lipinski definition) is 1. The molecule has 0 saturated carbocycles. The first kappa shape index (κ1) is 12.7. The highest BCUT2D eigenvalue weighted by molar-refractivity contribution is 6.35. The van der Waals surface area contributed by atoms with E-state index in [-0.39, 0.29) is 0 Å². The lowest BCUT2D eigenvalue weighted by Gasteiger charge is -2.09. The maximum absolute atomic E-state index is 11.1. The number of rotatable bonds is 4. The molecular weight excluding hydrogens is 246 g/mol. The van der Waals surface area contributed by atoms with Gasteiger partial charge < -0.3 is 4.57 Å². The van der Waals surface area contributed by atoms with Crippen LogP contribution in [0.2, 0.25) is 5.02 Å². The number of carbonyl (C=O) groups excluding carboxylic acids is 1. The molecular formula is C15H14ClNO. The van der Waals surface area contributed by atoms with E-state index in [0.717, 1.165) is 23.2 Å². The van der Waals surface area contributed by atoms with Gasteiger partial charge in [-0.05, 0) is 12.5 Å². The summed E-state index contributed by atoms with van der Waals surface area (Å²) in [5, 5.41) is 0.510. The summed E-state index contributed by atoms with van der Waals surface area (Å²) >= 11 is 6.32. The summed E-state index contributed by atoms with van der Waals surface area (Å²) in [6.45, 7) is 6.27. The topological polar surface area (TPSA) is 22.0 Å². The summed E-state index contributed by atoms with van der Waals surface area (Å²) in [6, 6.07) is 9.81. The second-order valence-electron chi connectivity index (χ2n) is 4.04. The predicted molar refractivity (Wildman–Crippen MR) is 75.2 cm³/mol. The van der Waals surface area contributed by atoms with Gasteiger partial charge in [-0.25, -0.2) is 0 Å². The van der Waals surface area contributed by atoms with Gasteiger partial charge in [0.25, 0.3) is 0 Å². The van der Waals surface area contributed by atoms with Crippen LogP contribution in [0.4, 0.5) is 0 Å². The van der Waals surface area contributed by atoms with Crippen molar-refractivity contribution in [3.05, 3.63) is 59.3 Å². The average Bonchev–Trinajstić information content (AvgIpc) is 2.62. The Kier molecular flexibility index (Phi) is 3.68. The lowest BCUT2D eigenvalue weighted by atomic mass is 10.1. The van der Waals surface area contributed by atoms with Crippen molar-refractivity contribution in [2.75, 3.05) is 0 Å². The third-order valence-electron chi connectivity index (χ3n) is 2.99. The molecule has 18 heavy (non-hydrogen) atoms. The standard InChI is InChI=1S/C15H14ClNO/c1-3-9-17-11(2)13(10-18)14(16)15(17)12-7-5-4-6-8-12/h3-8,10H,1,9H2,2H3. The van der Waals surface area contributed by atoms with Crippen LogP contribution in [0.3, 0.4) is 0 Å². The Hall–Kier alpha value is -1.80. The van der Waals surface area contributed by atoms with E-state index in [9.17, 15) is 4.79 Å². The van der Waals surface area contributed by atoms with Crippen molar-refractivity contribution < 1.29 is 4.79 Å². The number of aldehydes is 1. The summed E-state index contributed by atoms with van der Waals surface area (Å²) in [4.78, 5) is 11.1. The molecule has 0 radical (unpaired) electrons. The molecule has 0 bridgehead atoms. The SMILES string of the molecule is C=CCn1c(C)c(C=O)c(Cl)c1-c1ccccc1. The van der Waals surface area contributed by atoms with Gasteiger partial charge in [-0.2, -0.15) is 0 Å². The number of benzene rings is 1. The summed E-state index contributed by atoms with van der Waals surface area (Å²) in [5.41, 5.74) is 3.29. The average molecular weight is 260 g/mol. The van der Waals surface area contributed by atoms with Gasteiger partial charge in [0.1, 0.15) is 0 Å². The van der Waals surface area contributed by atoms with Crippen molar-refractivity contribution in [3.63, 3.8) is 0 Å². The Bertz CT molecular complexity index is 584. The number of carbonyl (C=O) groups is 1. The molecule has 0 atom stereocenters. The zero-order chi connectivity index (χ0) is 13.1. The van der Waals surface area contributed by atoms with Crippen molar-refractivity contribution in [1.82, 2.24) is 4.57 Å². The molecule has 2 aromatic rings. The third-order valence-corrected chi connectivity index (χ3v) is 3.37. The van der Waals surface area contributed by atoms with Crippen LogP contribution in [-0.4, -0.2) is 10.9 Å². The lowest BCUT2D eigenvalue weighted by Crippen LogP contribution is -2.00. The van der Waals surface area contributed by atoms with E-state index in [1.807, 2.05) is 41.8 Å². The van der Waals surface area contributed by atoms with Crippen LogP contribution in [0.15, 0.2) is 43.0 Å². The fraction of sp³-hybridized carbons (Fsp3) is 0.133. The van der Waals surface area contributed by atoms with Crippen molar-refractivity contribution in [3.8, 4) is 11.3 Å². The summed E-state index contributed by atoms with van der Waals surface area (Å²) in [7, 11) is 0. The molecule has 92 valence electrons. The van der Waals surface area contributed by atoms with E-state index >= 15 is 0 Å². The monoisotopic (exact) mass is 259 g/mol. The van der Waals surface area contributed by atoms with Gasteiger partial charge in [0, 0.05) is 12.2 Å². The fourth-order valence-corrected chi connectivity index (χ4v) is 2.48. The lowest BCUT2D eigenvalue weighted by molar-refractivity contribution is 0.112. The van der Waals surface area contributed by atoms with E-state index in [2.05, 4.69) is 6.58 Å². The van der Waals surface area contributed by atoms with Crippen LogP contribution < -0.4 is 0 Å². The minimum Gasteiger partial charge on any atom is -0.339 e. The molecule has 0 aliphatic heterocycles. The van der Waals surface area contributed by atoms with E-state index in [1.54, 1.807) is 6.08 Å². The fourth-order valence-electron chi connectivity index (χ4n) is 2.09. The van der Waals surface area contributed by atoms with Crippen LogP contribution in [0.1, 0.15) is 16.1 Å². The number of aromatic nitrogens is 1. The first-order valence-corrected chi connectivity index (χ1v) is 6.08. The van der Waals surface area contributed by atoms with Gasteiger partial charge >= 0.3 is 0 Å². The quantitative estimate of drug-likeness (QED) is 0.598. The number of halogens is 1. The Morgan fingerprint density at radius 2 is 2.00 bits per heavy atom. The van der Waals surface area contributed by atoms with E-state index in [4.69, 9.17) is 11.6 Å². The van der Waals surface area contributed by atoms with Crippen molar-refractivity contribution >= 4 is 17.9 Å². The summed E-state index contributed by atoms with van der Waals surface area (Å²) in [5.74, 6) is 0. The van der Waals surface area contributed by atoms with Crippen LogP contribution in [-0.2, 0) is 6.54 Å². The molecule has 0 spiro atoms. The normalized spacial score (nSPS) is 10.3. The molecule has 0 aliphatic rings. The van der Waals surface area contributed by atoms with E-state index in [0.29, 0.717) is 17.1 Å². The first-order chi connectivity index (χ1) is 8.70. The summed E-state index contributed by atoms with van der Waals surface area (Å²) < 4.78 is 2.01. The zero-order valence-electron chi connectivity index (χ0n) is 10.2. The van der Waals surface area contributed by atoms with Crippen molar-refractivity contribution in [1.29, 1.82) is 0 Å². The van der Waals surface area contributed by atoms with Crippen molar-refractivity contribution in [2.24, 2.45) is 0 Å². The highest BCUT2D eigenvalue weighted by Crippen LogP contribution is 2.34. The van der Waals surface area contributed by atoms with Gasteiger partial charge in [0.15, 0.2) is 6.29 Å². The molecule has 0 amide bonds. The second-order valence-corrected chi connectivity index (χ2v) is 4.42. The molecule has 0 saturated heterocycles. The molecule has 0 N–H and O–H groups in total. The third kappa shape index (κ3) is 2.00. The molecule has 0 unspecified atom stereocenters. The van der Waals surface area contributed by atoms with Gasteiger partial charge in [0.05, 0.1) is 16.3 Å². The Labute approximate surface area is 112 Å². The molecule has 2 rings (SSSR count). The number of hydrogen-bond donors (Lipinski definition) is 0. The van der Waals surface area contributed by atoms with Crippen LogP contribution >= 0.6 is 11.6 Å². The number of allylic oxidation sites excluding steroid dienone is 1. The molecule has 0 fully saturated rings. The van der Waals surface area contributed by atoms with Crippen LogP contribution in [0.25, 0.3) is 11.3 Å². The highest BCUT2D eigenvalue weighted by Gasteiger charge is 2.18.